The van der Waals surface area contributed by atoms with Crippen molar-refractivity contribution >= 4 is 18.1 Å². The fourth-order valence-corrected chi connectivity index (χ4v) is 2.31. The highest BCUT2D eigenvalue weighted by Gasteiger charge is 2.12. The van der Waals surface area contributed by atoms with E-state index in [9.17, 15) is 14.4 Å². The van der Waals surface area contributed by atoms with Gasteiger partial charge in [0.05, 0.1) is 6.04 Å². The van der Waals surface area contributed by atoms with Gasteiger partial charge < -0.3 is 11.1 Å². The number of hydrogen-bond donors (Lipinski definition) is 2. The highest BCUT2D eigenvalue weighted by Crippen LogP contribution is 2.10. The first-order valence-corrected chi connectivity index (χ1v) is 8.55. The molecule has 0 saturated heterocycles. The van der Waals surface area contributed by atoms with Gasteiger partial charge in [0.1, 0.15) is 0 Å². The minimum absolute atomic E-state index is 0.0816. The van der Waals surface area contributed by atoms with Crippen LogP contribution in [-0.2, 0) is 14.4 Å². The number of carbonyl (C=O) groups excluding carboxylic acids is 3. The molecule has 1 radical (unpaired) electrons. The summed E-state index contributed by atoms with van der Waals surface area (Å²) < 4.78 is 0. The molecule has 0 aromatic rings. The van der Waals surface area contributed by atoms with Crippen LogP contribution in [0, 0.1) is 0 Å². The Hall–Kier alpha value is -1.39. The van der Waals surface area contributed by atoms with Gasteiger partial charge in [-0.2, -0.15) is 0 Å². The number of carbonyl (C=O) groups is 2. The monoisotopic (exact) mass is 311 g/mol. The Labute approximate surface area is 134 Å². The van der Waals surface area contributed by atoms with Crippen molar-refractivity contribution in [3.8, 4) is 0 Å². The lowest BCUT2D eigenvalue weighted by molar-refractivity contribution is -0.122. The average Bonchev–Trinajstić information content (AvgIpc) is 2.49. The van der Waals surface area contributed by atoms with Crippen molar-refractivity contribution in [3.63, 3.8) is 0 Å². The van der Waals surface area contributed by atoms with E-state index < -0.39 is 11.9 Å². The molecule has 0 bridgehead atoms. The first-order valence-electron chi connectivity index (χ1n) is 8.55. The SMILES string of the molecule is CCCCCCCCCCCC(=O)N[C@@H]([C]=O)CCC(N)=O. The lowest BCUT2D eigenvalue weighted by Crippen LogP contribution is -2.36. The van der Waals surface area contributed by atoms with E-state index in [-0.39, 0.29) is 18.7 Å². The Morgan fingerprint density at radius 3 is 2.00 bits per heavy atom. The summed E-state index contributed by atoms with van der Waals surface area (Å²) in [4.78, 5) is 33.0. The van der Waals surface area contributed by atoms with E-state index in [2.05, 4.69) is 12.2 Å². The zero-order valence-electron chi connectivity index (χ0n) is 13.9. The third-order valence-corrected chi connectivity index (χ3v) is 3.66. The summed E-state index contributed by atoms with van der Waals surface area (Å²) in [7, 11) is 0. The summed E-state index contributed by atoms with van der Waals surface area (Å²) in [5.41, 5.74) is 5.01. The van der Waals surface area contributed by atoms with Crippen molar-refractivity contribution in [2.45, 2.75) is 90.0 Å². The molecule has 22 heavy (non-hydrogen) atoms. The molecule has 0 saturated carbocycles. The van der Waals surface area contributed by atoms with Crippen LogP contribution in [0.1, 0.15) is 84.0 Å². The maximum Gasteiger partial charge on any atom is 0.222 e. The van der Waals surface area contributed by atoms with Crippen LogP contribution in [-0.4, -0.2) is 24.1 Å². The standard InChI is InChI=1S/C17H31N2O3/c1-2-3-4-5-6-7-8-9-10-11-17(22)19-15(14-20)12-13-16(18)21/h15H,2-13H2,1H3,(H2,18,21)(H,19,22)/t15-/m1/s1. The quantitative estimate of drug-likeness (QED) is 0.456. The summed E-state index contributed by atoms with van der Waals surface area (Å²) in [5.74, 6) is -0.630. The Morgan fingerprint density at radius 2 is 1.50 bits per heavy atom. The molecule has 0 heterocycles. The van der Waals surface area contributed by atoms with E-state index in [1.54, 1.807) is 6.29 Å². The van der Waals surface area contributed by atoms with E-state index in [1.807, 2.05) is 0 Å². The smallest absolute Gasteiger partial charge is 0.222 e. The van der Waals surface area contributed by atoms with Crippen molar-refractivity contribution in [3.05, 3.63) is 0 Å². The predicted molar refractivity (Wildman–Crippen MR) is 87.9 cm³/mol. The van der Waals surface area contributed by atoms with Crippen molar-refractivity contribution in [1.29, 1.82) is 0 Å². The number of hydrogen-bond acceptors (Lipinski definition) is 3. The van der Waals surface area contributed by atoms with Crippen molar-refractivity contribution < 1.29 is 14.4 Å². The molecule has 0 aromatic heterocycles. The molecule has 0 fully saturated rings. The molecule has 0 spiro atoms. The van der Waals surface area contributed by atoms with Gasteiger partial charge in [-0.05, 0) is 12.8 Å². The predicted octanol–water partition coefficient (Wildman–Crippen LogP) is 2.77. The molecule has 0 rings (SSSR count). The van der Waals surface area contributed by atoms with Gasteiger partial charge in [0.2, 0.25) is 18.1 Å². The molecule has 5 heteroatoms. The zero-order valence-corrected chi connectivity index (χ0v) is 13.9. The molecule has 0 unspecified atom stereocenters. The number of rotatable bonds is 15. The minimum Gasteiger partial charge on any atom is -0.370 e. The van der Waals surface area contributed by atoms with Gasteiger partial charge in [-0.15, -0.1) is 0 Å². The van der Waals surface area contributed by atoms with E-state index in [1.165, 1.54) is 38.5 Å². The first-order chi connectivity index (χ1) is 10.6. The fraction of sp³-hybridized carbons (Fsp3) is 0.824. The van der Waals surface area contributed by atoms with Gasteiger partial charge in [0, 0.05) is 12.8 Å². The van der Waals surface area contributed by atoms with Crippen LogP contribution in [0.3, 0.4) is 0 Å². The highest BCUT2D eigenvalue weighted by molar-refractivity contribution is 5.80. The normalized spacial score (nSPS) is 11.9. The summed E-state index contributed by atoms with van der Waals surface area (Å²) in [6, 6.07) is -0.724. The van der Waals surface area contributed by atoms with E-state index in [0.717, 1.165) is 19.3 Å². The lowest BCUT2D eigenvalue weighted by atomic mass is 10.1. The number of primary amides is 1. The van der Waals surface area contributed by atoms with Crippen molar-refractivity contribution in [1.82, 2.24) is 5.32 Å². The Bertz CT molecular complexity index is 319. The minimum atomic E-state index is -0.724. The number of nitrogens with two attached hydrogens (primary N) is 1. The number of unbranched alkanes of at least 4 members (excludes halogenated alkanes) is 8. The molecule has 1 atom stereocenters. The second kappa shape index (κ2) is 14.5. The highest BCUT2D eigenvalue weighted by atomic mass is 16.2. The van der Waals surface area contributed by atoms with E-state index in [0.29, 0.717) is 6.42 Å². The molecule has 0 aliphatic carbocycles. The zero-order chi connectivity index (χ0) is 16.6. The summed E-state index contributed by atoms with van der Waals surface area (Å²) in [6.07, 6.45) is 13.2. The average molecular weight is 311 g/mol. The molecule has 2 amide bonds. The van der Waals surface area contributed by atoms with Crippen LogP contribution in [0.4, 0.5) is 0 Å². The topological polar surface area (TPSA) is 89.3 Å². The van der Waals surface area contributed by atoms with E-state index in [4.69, 9.17) is 5.73 Å². The molecule has 0 aliphatic rings. The van der Waals surface area contributed by atoms with Gasteiger partial charge in [-0.3, -0.25) is 14.4 Å². The molecule has 127 valence electrons. The van der Waals surface area contributed by atoms with Gasteiger partial charge in [0.25, 0.3) is 0 Å². The fourth-order valence-electron chi connectivity index (χ4n) is 2.31. The maximum absolute atomic E-state index is 11.7. The molecule has 3 N–H and O–H groups in total. The van der Waals surface area contributed by atoms with Crippen molar-refractivity contribution in [2.75, 3.05) is 0 Å². The van der Waals surface area contributed by atoms with Crippen LogP contribution >= 0.6 is 0 Å². The Morgan fingerprint density at radius 1 is 0.955 bits per heavy atom. The summed E-state index contributed by atoms with van der Waals surface area (Å²) >= 11 is 0. The van der Waals surface area contributed by atoms with E-state index >= 15 is 0 Å². The summed E-state index contributed by atoms with van der Waals surface area (Å²) in [6.45, 7) is 2.21. The maximum atomic E-state index is 11.7. The molecular weight excluding hydrogens is 280 g/mol. The van der Waals surface area contributed by atoms with Gasteiger partial charge in [0.15, 0.2) is 0 Å². The number of nitrogens with one attached hydrogen (secondary N) is 1. The first kappa shape index (κ1) is 20.6. The van der Waals surface area contributed by atoms with Crippen LogP contribution < -0.4 is 11.1 Å². The Balaban J connectivity index is 3.51. The van der Waals surface area contributed by atoms with Crippen LogP contribution in [0.15, 0.2) is 0 Å². The van der Waals surface area contributed by atoms with Crippen LogP contribution in [0.25, 0.3) is 0 Å². The molecular formula is C17H31N2O3. The summed E-state index contributed by atoms with van der Waals surface area (Å²) in [5, 5.41) is 2.58. The van der Waals surface area contributed by atoms with Crippen molar-refractivity contribution in [2.24, 2.45) is 5.73 Å². The van der Waals surface area contributed by atoms with Gasteiger partial charge in [-0.1, -0.05) is 58.3 Å². The third kappa shape index (κ3) is 13.6. The molecule has 5 nitrogen and oxygen atoms in total. The lowest BCUT2D eigenvalue weighted by Gasteiger charge is -2.11. The Kier molecular flexibility index (Phi) is 13.6. The number of amides is 2. The third-order valence-electron chi connectivity index (χ3n) is 3.66. The van der Waals surface area contributed by atoms with Crippen LogP contribution in [0.2, 0.25) is 0 Å². The van der Waals surface area contributed by atoms with Crippen LogP contribution in [0.5, 0.6) is 0 Å². The molecule has 0 aliphatic heterocycles. The molecule has 0 aromatic carbocycles. The second-order valence-electron chi connectivity index (χ2n) is 5.82. The van der Waals surface area contributed by atoms with Gasteiger partial charge >= 0.3 is 0 Å². The largest absolute Gasteiger partial charge is 0.370 e. The van der Waals surface area contributed by atoms with Gasteiger partial charge in [-0.25, -0.2) is 0 Å². The second-order valence-corrected chi connectivity index (χ2v) is 5.82.